The third-order valence-corrected chi connectivity index (χ3v) is 2.23. The van der Waals surface area contributed by atoms with Crippen molar-refractivity contribution in [1.29, 1.82) is 0 Å². The van der Waals surface area contributed by atoms with Gasteiger partial charge in [0.05, 0.1) is 12.2 Å². The van der Waals surface area contributed by atoms with Gasteiger partial charge in [0.25, 0.3) is 0 Å². The van der Waals surface area contributed by atoms with Crippen molar-refractivity contribution in [2.45, 2.75) is 38.4 Å². The molecule has 2 heteroatoms. The second-order valence-electron chi connectivity index (χ2n) is 3.49. The molecule has 1 saturated heterocycles. The molecule has 74 valence electrons. The van der Waals surface area contributed by atoms with E-state index in [2.05, 4.69) is 12.7 Å². The average molecular weight is 182 g/mol. The zero-order valence-electron chi connectivity index (χ0n) is 8.20. The lowest BCUT2D eigenvalue weighted by Crippen LogP contribution is -2.28. The van der Waals surface area contributed by atoms with Gasteiger partial charge < -0.3 is 9.84 Å². The Morgan fingerprint density at radius 2 is 2.38 bits per heavy atom. The van der Waals surface area contributed by atoms with Crippen LogP contribution in [0.5, 0.6) is 0 Å². The molecule has 0 aromatic heterocycles. The Hall–Kier alpha value is -0.600. The first kappa shape index (κ1) is 10.5. The van der Waals surface area contributed by atoms with Crippen LogP contribution in [-0.4, -0.2) is 23.9 Å². The predicted molar refractivity (Wildman–Crippen MR) is 53.6 cm³/mol. The Kier molecular flexibility index (Phi) is 4.19. The molecular weight excluding hydrogens is 164 g/mol. The lowest BCUT2D eigenvalue weighted by molar-refractivity contribution is -0.0174. The zero-order valence-corrected chi connectivity index (χ0v) is 8.20. The van der Waals surface area contributed by atoms with Crippen LogP contribution < -0.4 is 0 Å². The SMILES string of the molecule is C=C1C[C@@H](CCO)O[C@@H](/C=C/C)C1. The lowest BCUT2D eigenvalue weighted by atomic mass is 9.97. The molecule has 0 aromatic carbocycles. The highest BCUT2D eigenvalue weighted by Gasteiger charge is 2.21. The second-order valence-corrected chi connectivity index (χ2v) is 3.49. The Balaban J connectivity index is 2.47. The fraction of sp³-hybridized carbons (Fsp3) is 0.636. The Bertz CT molecular complexity index is 196. The minimum absolute atomic E-state index is 0.160. The molecule has 0 aromatic rings. The first-order valence-electron chi connectivity index (χ1n) is 4.82. The largest absolute Gasteiger partial charge is 0.396 e. The summed E-state index contributed by atoms with van der Waals surface area (Å²) in [6.45, 7) is 6.17. The smallest absolute Gasteiger partial charge is 0.0796 e. The lowest BCUT2D eigenvalue weighted by Gasteiger charge is -2.29. The maximum absolute atomic E-state index is 8.79. The number of aliphatic hydroxyl groups is 1. The first-order chi connectivity index (χ1) is 6.26. The van der Waals surface area contributed by atoms with Crippen LogP contribution in [-0.2, 0) is 4.74 Å². The molecule has 1 heterocycles. The zero-order chi connectivity index (χ0) is 9.68. The third kappa shape index (κ3) is 3.33. The fourth-order valence-electron chi connectivity index (χ4n) is 1.68. The van der Waals surface area contributed by atoms with Crippen molar-refractivity contribution < 1.29 is 9.84 Å². The summed E-state index contributed by atoms with van der Waals surface area (Å²) in [6.07, 6.45) is 6.91. The molecule has 1 N–H and O–H groups in total. The highest BCUT2D eigenvalue weighted by Crippen LogP contribution is 2.25. The van der Waals surface area contributed by atoms with Crippen molar-refractivity contribution in [2.24, 2.45) is 0 Å². The molecule has 13 heavy (non-hydrogen) atoms. The molecule has 1 rings (SSSR count). The van der Waals surface area contributed by atoms with Crippen LogP contribution in [0.1, 0.15) is 26.2 Å². The van der Waals surface area contributed by atoms with Crippen LogP contribution in [0.15, 0.2) is 24.3 Å². The van der Waals surface area contributed by atoms with E-state index in [1.54, 1.807) is 0 Å². The van der Waals surface area contributed by atoms with Crippen molar-refractivity contribution in [2.75, 3.05) is 6.61 Å². The van der Waals surface area contributed by atoms with Crippen LogP contribution in [0.3, 0.4) is 0 Å². The monoisotopic (exact) mass is 182 g/mol. The van der Waals surface area contributed by atoms with E-state index in [0.29, 0.717) is 6.42 Å². The molecule has 1 fully saturated rings. The summed E-state index contributed by atoms with van der Waals surface area (Å²) in [6, 6.07) is 0. The summed E-state index contributed by atoms with van der Waals surface area (Å²) in [5, 5.41) is 8.79. The van der Waals surface area contributed by atoms with Crippen LogP contribution >= 0.6 is 0 Å². The normalized spacial score (nSPS) is 29.8. The van der Waals surface area contributed by atoms with Crippen LogP contribution in [0.2, 0.25) is 0 Å². The Labute approximate surface area is 79.9 Å². The standard InChI is InChI=1S/C11H18O2/c1-3-4-10-7-9(2)8-11(13-10)5-6-12/h3-4,10-12H,2,5-8H2,1H3/b4-3+/t10-,11+/m0/s1. The van der Waals surface area contributed by atoms with E-state index in [1.165, 1.54) is 5.57 Å². The van der Waals surface area contributed by atoms with E-state index in [1.807, 2.05) is 13.0 Å². The van der Waals surface area contributed by atoms with Gasteiger partial charge in [0.1, 0.15) is 0 Å². The molecule has 0 unspecified atom stereocenters. The van der Waals surface area contributed by atoms with Gasteiger partial charge in [-0.1, -0.05) is 24.3 Å². The van der Waals surface area contributed by atoms with Gasteiger partial charge in [-0.2, -0.15) is 0 Å². The van der Waals surface area contributed by atoms with E-state index in [-0.39, 0.29) is 18.8 Å². The molecule has 0 spiro atoms. The van der Waals surface area contributed by atoms with E-state index in [4.69, 9.17) is 9.84 Å². The molecule has 1 aliphatic rings. The summed E-state index contributed by atoms with van der Waals surface area (Å²) < 4.78 is 5.73. The van der Waals surface area contributed by atoms with Crippen LogP contribution in [0.25, 0.3) is 0 Å². The second kappa shape index (κ2) is 5.20. The summed E-state index contributed by atoms with van der Waals surface area (Å²) >= 11 is 0. The third-order valence-electron chi connectivity index (χ3n) is 2.23. The van der Waals surface area contributed by atoms with Gasteiger partial charge >= 0.3 is 0 Å². The van der Waals surface area contributed by atoms with Gasteiger partial charge in [0.2, 0.25) is 0 Å². The quantitative estimate of drug-likeness (QED) is 0.677. The Morgan fingerprint density at radius 3 is 3.00 bits per heavy atom. The van der Waals surface area contributed by atoms with Crippen molar-refractivity contribution in [3.05, 3.63) is 24.3 Å². The molecule has 0 bridgehead atoms. The number of hydrogen-bond acceptors (Lipinski definition) is 2. The average Bonchev–Trinajstić information content (AvgIpc) is 2.04. The van der Waals surface area contributed by atoms with Crippen molar-refractivity contribution >= 4 is 0 Å². The van der Waals surface area contributed by atoms with Gasteiger partial charge in [-0.05, 0) is 26.2 Å². The molecule has 0 saturated carbocycles. The number of hydrogen-bond donors (Lipinski definition) is 1. The van der Waals surface area contributed by atoms with Gasteiger partial charge in [-0.3, -0.25) is 0 Å². The summed E-state index contributed by atoms with van der Waals surface area (Å²) in [4.78, 5) is 0. The van der Waals surface area contributed by atoms with E-state index < -0.39 is 0 Å². The summed E-state index contributed by atoms with van der Waals surface area (Å²) in [5.74, 6) is 0. The maximum atomic E-state index is 8.79. The number of aliphatic hydroxyl groups excluding tert-OH is 1. The highest BCUT2D eigenvalue weighted by atomic mass is 16.5. The van der Waals surface area contributed by atoms with Crippen LogP contribution in [0.4, 0.5) is 0 Å². The number of allylic oxidation sites excluding steroid dienone is 1. The first-order valence-corrected chi connectivity index (χ1v) is 4.82. The molecule has 0 aliphatic carbocycles. The van der Waals surface area contributed by atoms with Gasteiger partial charge in [-0.25, -0.2) is 0 Å². The van der Waals surface area contributed by atoms with Gasteiger partial charge in [0, 0.05) is 6.61 Å². The number of rotatable bonds is 3. The predicted octanol–water partition coefficient (Wildman–Crippen LogP) is 2.05. The molecule has 1 aliphatic heterocycles. The van der Waals surface area contributed by atoms with E-state index in [0.717, 1.165) is 12.8 Å². The summed E-state index contributed by atoms with van der Waals surface area (Å²) in [7, 11) is 0. The minimum Gasteiger partial charge on any atom is -0.396 e. The van der Waals surface area contributed by atoms with Crippen molar-refractivity contribution in [3.8, 4) is 0 Å². The molecule has 0 radical (unpaired) electrons. The van der Waals surface area contributed by atoms with Gasteiger partial charge in [-0.15, -0.1) is 0 Å². The number of ether oxygens (including phenoxy) is 1. The van der Waals surface area contributed by atoms with Gasteiger partial charge in [0.15, 0.2) is 0 Å². The van der Waals surface area contributed by atoms with Crippen LogP contribution in [0, 0.1) is 0 Å². The fourth-order valence-corrected chi connectivity index (χ4v) is 1.68. The molecule has 2 atom stereocenters. The Morgan fingerprint density at radius 1 is 1.62 bits per heavy atom. The maximum Gasteiger partial charge on any atom is 0.0796 e. The highest BCUT2D eigenvalue weighted by molar-refractivity contribution is 5.06. The molecule has 0 amide bonds. The minimum atomic E-state index is 0.160. The van der Waals surface area contributed by atoms with Crippen molar-refractivity contribution in [1.82, 2.24) is 0 Å². The summed E-state index contributed by atoms with van der Waals surface area (Å²) in [5.41, 5.74) is 1.23. The topological polar surface area (TPSA) is 29.5 Å². The van der Waals surface area contributed by atoms with Crippen molar-refractivity contribution in [3.63, 3.8) is 0 Å². The molecule has 2 nitrogen and oxygen atoms in total. The molecular formula is C11H18O2. The van der Waals surface area contributed by atoms with E-state index in [9.17, 15) is 0 Å². The van der Waals surface area contributed by atoms with E-state index >= 15 is 0 Å².